The number of nitrogens with one attached hydrogen (secondary N) is 1. The Morgan fingerprint density at radius 3 is 2.94 bits per heavy atom. The third-order valence-corrected chi connectivity index (χ3v) is 2.73. The van der Waals surface area contributed by atoms with Crippen LogP contribution in [0.25, 0.3) is 5.82 Å². The van der Waals surface area contributed by atoms with Crippen molar-refractivity contribution in [2.75, 3.05) is 19.0 Å². The molecule has 0 spiro atoms. The molecule has 3 N–H and O–H groups in total. The number of rotatable bonds is 3. The van der Waals surface area contributed by atoms with Crippen molar-refractivity contribution in [2.24, 2.45) is 0 Å². The molecule has 0 fully saturated rings. The van der Waals surface area contributed by atoms with E-state index in [2.05, 4.69) is 20.4 Å². The second kappa shape index (κ2) is 5.05. The van der Waals surface area contributed by atoms with Crippen LogP contribution in [-0.4, -0.2) is 39.0 Å². The van der Waals surface area contributed by atoms with Crippen molar-refractivity contribution in [3.05, 3.63) is 24.0 Å². The van der Waals surface area contributed by atoms with Crippen LogP contribution in [0.3, 0.4) is 0 Å². The predicted octanol–water partition coefficient (Wildman–Crippen LogP) is 0.326. The lowest BCUT2D eigenvalue weighted by Gasteiger charge is -2.03. The molecule has 0 saturated carbocycles. The average Bonchev–Trinajstić information content (AvgIpc) is 2.86. The van der Waals surface area contributed by atoms with E-state index in [9.17, 15) is 4.79 Å². The number of carbonyl (C=O) groups excluding carboxylic acids is 1. The normalized spacial score (nSPS) is 10.3. The van der Waals surface area contributed by atoms with E-state index < -0.39 is 0 Å². The topological polar surface area (TPSA) is 98.7 Å². The van der Waals surface area contributed by atoms with Crippen molar-refractivity contribution in [3.8, 4) is 5.82 Å². The molecule has 0 aliphatic heterocycles. The van der Waals surface area contributed by atoms with Gasteiger partial charge in [0.2, 0.25) is 0 Å². The third kappa shape index (κ3) is 2.43. The summed E-state index contributed by atoms with van der Waals surface area (Å²) in [5, 5.41) is 7.18. The van der Waals surface area contributed by atoms with Crippen molar-refractivity contribution < 1.29 is 4.79 Å². The minimum absolute atomic E-state index is 0.249. The molecule has 18 heavy (non-hydrogen) atoms. The molecule has 1 amide bonds. The Balaban J connectivity index is 2.39. The molecule has 2 aromatic rings. The van der Waals surface area contributed by atoms with Gasteiger partial charge in [-0.25, -0.2) is 14.6 Å². The summed E-state index contributed by atoms with van der Waals surface area (Å²) in [6, 6.07) is 3.20. The zero-order chi connectivity index (χ0) is 13.1. The molecule has 94 valence electrons. The lowest BCUT2D eigenvalue weighted by atomic mass is 10.4. The van der Waals surface area contributed by atoms with Crippen LogP contribution >= 0.6 is 11.8 Å². The summed E-state index contributed by atoms with van der Waals surface area (Å²) in [6.45, 7) is 0. The molecule has 0 bridgehead atoms. The van der Waals surface area contributed by atoms with Gasteiger partial charge in [-0.3, -0.25) is 4.79 Å². The largest absolute Gasteiger partial charge is 0.383 e. The number of nitrogen functional groups attached to an aromatic ring is 1. The van der Waals surface area contributed by atoms with E-state index in [-0.39, 0.29) is 5.91 Å². The number of amides is 1. The van der Waals surface area contributed by atoms with Crippen LogP contribution in [0.4, 0.5) is 5.82 Å². The number of aromatic nitrogens is 4. The van der Waals surface area contributed by atoms with E-state index >= 15 is 0 Å². The fourth-order valence-corrected chi connectivity index (χ4v) is 1.72. The van der Waals surface area contributed by atoms with E-state index in [0.717, 1.165) is 0 Å². The van der Waals surface area contributed by atoms with Gasteiger partial charge in [-0.05, 0) is 12.3 Å². The molecular weight excluding hydrogens is 252 g/mol. The Labute approximate surface area is 108 Å². The molecule has 0 atom stereocenters. The highest BCUT2D eigenvalue weighted by atomic mass is 32.2. The molecule has 7 nitrogen and oxygen atoms in total. The Hall–Kier alpha value is -2.09. The molecular formula is C10H12N6OS. The fourth-order valence-electron chi connectivity index (χ4n) is 1.34. The zero-order valence-electron chi connectivity index (χ0n) is 9.91. The number of anilines is 1. The number of hydrogen-bond acceptors (Lipinski definition) is 6. The number of hydrogen-bond donors (Lipinski definition) is 2. The maximum absolute atomic E-state index is 11.4. The van der Waals surface area contributed by atoms with E-state index in [1.54, 1.807) is 25.4 Å². The third-order valence-electron chi connectivity index (χ3n) is 2.18. The van der Waals surface area contributed by atoms with Gasteiger partial charge in [0.25, 0.3) is 5.91 Å². The molecule has 2 aromatic heterocycles. The average molecular weight is 264 g/mol. The monoisotopic (exact) mass is 264 g/mol. The summed E-state index contributed by atoms with van der Waals surface area (Å²) in [5.74, 6) is 0.643. The molecule has 0 aromatic carbocycles. The van der Waals surface area contributed by atoms with Crippen LogP contribution in [0.15, 0.2) is 23.5 Å². The molecule has 8 heteroatoms. The standard InChI is InChI=1S/C10H12N6OS/c1-12-9(17)6-3-4-16(15-6)8-5-7(11)13-10(14-8)18-2/h3-5H,1-2H3,(H,12,17)(H2,11,13,14). The van der Waals surface area contributed by atoms with Crippen molar-refractivity contribution in [1.82, 2.24) is 25.1 Å². The summed E-state index contributed by atoms with van der Waals surface area (Å²) in [4.78, 5) is 19.7. The summed E-state index contributed by atoms with van der Waals surface area (Å²) in [6.07, 6.45) is 3.51. The second-order valence-corrected chi connectivity index (χ2v) is 4.14. The van der Waals surface area contributed by atoms with Crippen LogP contribution < -0.4 is 11.1 Å². The number of carbonyl (C=O) groups is 1. The molecule has 0 aliphatic carbocycles. The van der Waals surface area contributed by atoms with Gasteiger partial charge in [0.05, 0.1) is 0 Å². The van der Waals surface area contributed by atoms with Crippen LogP contribution in [-0.2, 0) is 0 Å². The lowest BCUT2D eigenvalue weighted by Crippen LogP contribution is -2.18. The summed E-state index contributed by atoms with van der Waals surface area (Å²) >= 11 is 1.39. The molecule has 0 radical (unpaired) electrons. The minimum atomic E-state index is -0.249. The van der Waals surface area contributed by atoms with E-state index in [4.69, 9.17) is 5.73 Å². The highest BCUT2D eigenvalue weighted by molar-refractivity contribution is 7.98. The first-order valence-corrected chi connectivity index (χ1v) is 6.33. The Morgan fingerprint density at radius 1 is 1.50 bits per heavy atom. The summed E-state index contributed by atoms with van der Waals surface area (Å²) < 4.78 is 1.49. The summed E-state index contributed by atoms with van der Waals surface area (Å²) in [7, 11) is 1.55. The van der Waals surface area contributed by atoms with E-state index in [1.807, 2.05) is 6.26 Å². The maximum atomic E-state index is 11.4. The van der Waals surface area contributed by atoms with E-state index in [0.29, 0.717) is 22.5 Å². The Kier molecular flexibility index (Phi) is 3.47. The summed E-state index contributed by atoms with van der Waals surface area (Å²) in [5.41, 5.74) is 6.00. The van der Waals surface area contributed by atoms with Crippen molar-refractivity contribution in [3.63, 3.8) is 0 Å². The first-order chi connectivity index (χ1) is 8.63. The quantitative estimate of drug-likeness (QED) is 0.612. The second-order valence-electron chi connectivity index (χ2n) is 3.36. The van der Waals surface area contributed by atoms with Crippen LogP contribution in [0.5, 0.6) is 0 Å². The van der Waals surface area contributed by atoms with Gasteiger partial charge in [0, 0.05) is 19.3 Å². The van der Waals surface area contributed by atoms with Crippen LogP contribution in [0, 0.1) is 0 Å². The number of thioether (sulfide) groups is 1. The maximum Gasteiger partial charge on any atom is 0.271 e. The molecule has 0 aliphatic rings. The Bertz CT molecular complexity index is 581. The van der Waals surface area contributed by atoms with Gasteiger partial charge in [0.15, 0.2) is 16.7 Å². The van der Waals surface area contributed by atoms with Gasteiger partial charge >= 0.3 is 0 Å². The molecule has 2 rings (SSSR count). The molecule has 0 unspecified atom stereocenters. The highest BCUT2D eigenvalue weighted by Gasteiger charge is 2.10. The predicted molar refractivity (Wildman–Crippen MR) is 68.7 cm³/mol. The minimum Gasteiger partial charge on any atom is -0.383 e. The Morgan fingerprint density at radius 2 is 2.28 bits per heavy atom. The first-order valence-electron chi connectivity index (χ1n) is 5.10. The molecule has 0 saturated heterocycles. The zero-order valence-corrected chi connectivity index (χ0v) is 10.7. The van der Waals surface area contributed by atoms with Gasteiger partial charge in [-0.15, -0.1) is 0 Å². The SMILES string of the molecule is CNC(=O)c1ccn(-c2cc(N)nc(SC)n2)n1. The van der Waals surface area contributed by atoms with Crippen molar-refractivity contribution >= 4 is 23.5 Å². The first kappa shape index (κ1) is 12.4. The van der Waals surface area contributed by atoms with Gasteiger partial charge in [-0.1, -0.05) is 11.8 Å². The van der Waals surface area contributed by atoms with Gasteiger partial charge in [0.1, 0.15) is 5.82 Å². The van der Waals surface area contributed by atoms with Crippen molar-refractivity contribution in [1.29, 1.82) is 0 Å². The van der Waals surface area contributed by atoms with Crippen molar-refractivity contribution in [2.45, 2.75) is 5.16 Å². The van der Waals surface area contributed by atoms with Gasteiger partial charge in [-0.2, -0.15) is 5.10 Å². The van der Waals surface area contributed by atoms with Crippen LogP contribution in [0.1, 0.15) is 10.5 Å². The highest BCUT2D eigenvalue weighted by Crippen LogP contribution is 2.14. The molecule has 2 heterocycles. The van der Waals surface area contributed by atoms with Gasteiger partial charge < -0.3 is 11.1 Å². The van der Waals surface area contributed by atoms with Crippen LogP contribution in [0.2, 0.25) is 0 Å². The number of nitrogens with two attached hydrogens (primary N) is 1. The smallest absolute Gasteiger partial charge is 0.271 e. The fraction of sp³-hybridized carbons (Fsp3) is 0.200. The lowest BCUT2D eigenvalue weighted by molar-refractivity contribution is 0.0957. The van der Waals surface area contributed by atoms with E-state index in [1.165, 1.54) is 16.4 Å². The number of nitrogens with zero attached hydrogens (tertiary/aromatic N) is 4.